The Morgan fingerprint density at radius 3 is 2.82 bits per heavy atom. The first-order valence-electron chi connectivity index (χ1n) is 10.8. The number of rotatable bonds is 7. The molecule has 1 amide bonds. The van der Waals surface area contributed by atoms with Crippen LogP contribution in [0.4, 0.5) is 4.39 Å². The van der Waals surface area contributed by atoms with Crippen LogP contribution in [-0.4, -0.2) is 37.6 Å². The Morgan fingerprint density at radius 2 is 1.97 bits per heavy atom. The van der Waals surface area contributed by atoms with Gasteiger partial charge in [0.15, 0.2) is 0 Å². The normalized spacial score (nSPS) is 12.1. The standard InChI is InChI=1S/C26H22FN5O2/c27-21-6-3-5-17(13-21)25(16-33)29-26(34)22-7-2-1-4-20(22)14-32-15-24(30-31-32)18-8-9-23-19(12-18)10-11-28-23/h1-13,15,25,28,33H,14,16H2,(H,29,34). The molecular formula is C26H22FN5O2. The van der Waals surface area contributed by atoms with Crippen molar-refractivity contribution in [1.29, 1.82) is 0 Å². The summed E-state index contributed by atoms with van der Waals surface area (Å²) in [5.41, 5.74) is 4.42. The molecule has 0 fully saturated rings. The molecule has 1 atom stereocenters. The van der Waals surface area contributed by atoms with Crippen LogP contribution in [0.15, 0.2) is 85.2 Å². The van der Waals surface area contributed by atoms with E-state index in [1.165, 1.54) is 12.1 Å². The molecule has 34 heavy (non-hydrogen) atoms. The number of halogens is 1. The number of aromatic nitrogens is 4. The van der Waals surface area contributed by atoms with Gasteiger partial charge in [-0.05, 0) is 47.5 Å². The quantitative estimate of drug-likeness (QED) is 0.345. The van der Waals surface area contributed by atoms with Gasteiger partial charge in [0, 0.05) is 28.2 Å². The minimum absolute atomic E-state index is 0.340. The van der Waals surface area contributed by atoms with E-state index in [-0.39, 0.29) is 12.5 Å². The first-order valence-corrected chi connectivity index (χ1v) is 10.8. The van der Waals surface area contributed by atoms with E-state index < -0.39 is 11.9 Å². The molecule has 0 saturated carbocycles. The Morgan fingerprint density at radius 1 is 1.09 bits per heavy atom. The summed E-state index contributed by atoms with van der Waals surface area (Å²) in [6.07, 6.45) is 3.73. The van der Waals surface area contributed by atoms with Gasteiger partial charge in [0.2, 0.25) is 0 Å². The van der Waals surface area contributed by atoms with Crippen molar-refractivity contribution < 1.29 is 14.3 Å². The fourth-order valence-corrected chi connectivity index (χ4v) is 3.97. The number of fused-ring (bicyclic) bond motifs is 1. The smallest absolute Gasteiger partial charge is 0.252 e. The molecule has 8 heteroatoms. The van der Waals surface area contributed by atoms with Crippen LogP contribution in [0.3, 0.4) is 0 Å². The number of nitrogens with one attached hydrogen (secondary N) is 2. The lowest BCUT2D eigenvalue weighted by Crippen LogP contribution is -2.31. The van der Waals surface area contributed by atoms with Crippen LogP contribution in [0.25, 0.3) is 22.2 Å². The predicted molar refractivity (Wildman–Crippen MR) is 127 cm³/mol. The van der Waals surface area contributed by atoms with Gasteiger partial charge >= 0.3 is 0 Å². The summed E-state index contributed by atoms with van der Waals surface area (Å²) in [5.74, 6) is -0.791. The second-order valence-electron chi connectivity index (χ2n) is 8.00. The van der Waals surface area contributed by atoms with E-state index in [2.05, 4.69) is 20.6 Å². The molecule has 0 aliphatic carbocycles. The summed E-state index contributed by atoms with van der Waals surface area (Å²) in [6, 6.07) is 20.3. The van der Waals surface area contributed by atoms with Gasteiger partial charge < -0.3 is 15.4 Å². The Labute approximate surface area is 194 Å². The number of hydrogen-bond donors (Lipinski definition) is 3. The third-order valence-electron chi connectivity index (χ3n) is 5.72. The minimum Gasteiger partial charge on any atom is -0.394 e. The molecule has 0 spiro atoms. The maximum absolute atomic E-state index is 13.6. The summed E-state index contributed by atoms with van der Waals surface area (Å²) in [7, 11) is 0. The molecule has 0 aliphatic heterocycles. The molecule has 0 aliphatic rings. The lowest BCUT2D eigenvalue weighted by molar-refractivity contribution is 0.0915. The van der Waals surface area contributed by atoms with Gasteiger partial charge in [-0.15, -0.1) is 5.10 Å². The lowest BCUT2D eigenvalue weighted by atomic mass is 10.0. The van der Waals surface area contributed by atoms with Crippen LogP contribution in [-0.2, 0) is 6.54 Å². The molecule has 0 bridgehead atoms. The van der Waals surface area contributed by atoms with Gasteiger partial charge in [0.1, 0.15) is 11.5 Å². The molecule has 5 rings (SSSR count). The number of aliphatic hydroxyl groups is 1. The van der Waals surface area contributed by atoms with Gasteiger partial charge in [-0.2, -0.15) is 0 Å². The van der Waals surface area contributed by atoms with E-state index in [1.54, 1.807) is 28.9 Å². The lowest BCUT2D eigenvalue weighted by Gasteiger charge is -2.18. The molecule has 5 aromatic rings. The van der Waals surface area contributed by atoms with Crippen LogP contribution in [0, 0.1) is 5.82 Å². The van der Waals surface area contributed by atoms with E-state index in [0.717, 1.165) is 27.7 Å². The highest BCUT2D eigenvalue weighted by Gasteiger charge is 2.18. The molecular weight excluding hydrogens is 433 g/mol. The minimum atomic E-state index is -0.724. The molecule has 1 unspecified atom stereocenters. The zero-order chi connectivity index (χ0) is 23.5. The second kappa shape index (κ2) is 9.29. The van der Waals surface area contributed by atoms with Crippen LogP contribution in [0.5, 0.6) is 0 Å². The van der Waals surface area contributed by atoms with Crippen molar-refractivity contribution in [2.45, 2.75) is 12.6 Å². The Bertz CT molecular complexity index is 1460. The molecule has 7 nitrogen and oxygen atoms in total. The third-order valence-corrected chi connectivity index (χ3v) is 5.72. The van der Waals surface area contributed by atoms with Crippen molar-refractivity contribution in [3.63, 3.8) is 0 Å². The maximum Gasteiger partial charge on any atom is 0.252 e. The zero-order valence-corrected chi connectivity index (χ0v) is 18.1. The van der Waals surface area contributed by atoms with Gasteiger partial charge in [-0.25, -0.2) is 9.07 Å². The monoisotopic (exact) mass is 455 g/mol. The van der Waals surface area contributed by atoms with Crippen molar-refractivity contribution in [2.24, 2.45) is 0 Å². The number of H-pyrrole nitrogens is 1. The Kier molecular flexibility index (Phi) is 5.88. The summed E-state index contributed by atoms with van der Waals surface area (Å²) in [6.45, 7) is -0.0119. The number of aromatic amines is 1. The molecule has 3 aromatic carbocycles. The van der Waals surface area contributed by atoms with Gasteiger partial charge in [-0.3, -0.25) is 4.79 Å². The van der Waals surface area contributed by atoms with Crippen LogP contribution in [0.1, 0.15) is 27.5 Å². The van der Waals surface area contributed by atoms with Crippen molar-refractivity contribution in [3.8, 4) is 11.3 Å². The van der Waals surface area contributed by atoms with Crippen molar-refractivity contribution in [2.75, 3.05) is 6.61 Å². The fourth-order valence-electron chi connectivity index (χ4n) is 3.97. The highest BCUT2D eigenvalue weighted by molar-refractivity contribution is 5.96. The molecule has 170 valence electrons. The Balaban J connectivity index is 1.35. The molecule has 0 saturated heterocycles. The first-order chi connectivity index (χ1) is 16.6. The first kappa shape index (κ1) is 21.5. The number of carbonyl (C=O) groups is 1. The average molecular weight is 455 g/mol. The Hall–Kier alpha value is -4.30. The molecule has 2 aromatic heterocycles. The SMILES string of the molecule is O=C(NC(CO)c1cccc(F)c1)c1ccccc1Cn1cc(-c2ccc3[nH]ccc3c2)nn1. The summed E-state index contributed by atoms with van der Waals surface area (Å²) in [5, 5.41) is 22.2. The number of amides is 1. The number of carbonyl (C=O) groups excluding carboxylic acids is 1. The predicted octanol–water partition coefficient (Wildman–Crippen LogP) is 4.08. The van der Waals surface area contributed by atoms with E-state index in [4.69, 9.17) is 0 Å². The van der Waals surface area contributed by atoms with Gasteiger partial charge in [-0.1, -0.05) is 41.6 Å². The molecule has 2 heterocycles. The van der Waals surface area contributed by atoms with E-state index in [9.17, 15) is 14.3 Å². The zero-order valence-electron chi connectivity index (χ0n) is 18.1. The summed E-state index contributed by atoms with van der Waals surface area (Å²) >= 11 is 0. The highest BCUT2D eigenvalue weighted by Crippen LogP contribution is 2.23. The summed E-state index contributed by atoms with van der Waals surface area (Å²) < 4.78 is 15.3. The molecule has 0 radical (unpaired) electrons. The number of nitrogens with zero attached hydrogens (tertiary/aromatic N) is 3. The van der Waals surface area contributed by atoms with Crippen molar-refractivity contribution >= 4 is 16.8 Å². The van der Waals surface area contributed by atoms with Crippen LogP contribution in [0.2, 0.25) is 0 Å². The summed E-state index contributed by atoms with van der Waals surface area (Å²) in [4.78, 5) is 16.2. The van der Waals surface area contributed by atoms with Crippen molar-refractivity contribution in [1.82, 2.24) is 25.3 Å². The number of hydrogen-bond acceptors (Lipinski definition) is 4. The highest BCUT2D eigenvalue weighted by atomic mass is 19.1. The molecule has 3 N–H and O–H groups in total. The second-order valence-corrected chi connectivity index (χ2v) is 8.00. The van der Waals surface area contributed by atoms with E-state index >= 15 is 0 Å². The number of benzene rings is 3. The van der Waals surface area contributed by atoms with Crippen LogP contribution < -0.4 is 5.32 Å². The van der Waals surface area contributed by atoms with Gasteiger partial charge in [0.25, 0.3) is 5.91 Å². The van der Waals surface area contributed by atoms with Crippen LogP contribution >= 0.6 is 0 Å². The largest absolute Gasteiger partial charge is 0.394 e. The van der Waals surface area contributed by atoms with Gasteiger partial charge in [0.05, 0.1) is 25.4 Å². The fraction of sp³-hybridized carbons (Fsp3) is 0.115. The van der Waals surface area contributed by atoms with E-state index in [0.29, 0.717) is 17.7 Å². The van der Waals surface area contributed by atoms with E-state index in [1.807, 2.05) is 48.8 Å². The van der Waals surface area contributed by atoms with Crippen molar-refractivity contribution in [3.05, 3.63) is 108 Å². The average Bonchev–Trinajstić information content (AvgIpc) is 3.52. The number of aliphatic hydroxyl groups excluding tert-OH is 1. The maximum atomic E-state index is 13.6. The third kappa shape index (κ3) is 4.44. The topological polar surface area (TPSA) is 95.8 Å².